The number of carbonyl (C=O) groups excluding carboxylic acids is 2. The van der Waals surface area contributed by atoms with Crippen LogP contribution < -0.4 is 5.32 Å². The fourth-order valence-corrected chi connectivity index (χ4v) is 3.55. The molecule has 1 aromatic carbocycles. The fraction of sp³-hybridized carbons (Fsp3) is 0.526. The van der Waals surface area contributed by atoms with E-state index in [0.29, 0.717) is 26.2 Å². The predicted octanol–water partition coefficient (Wildman–Crippen LogP) is 2.80. The average Bonchev–Trinajstić information content (AvgIpc) is 2.64. The van der Waals surface area contributed by atoms with Crippen molar-refractivity contribution in [2.24, 2.45) is 5.92 Å². The summed E-state index contributed by atoms with van der Waals surface area (Å²) in [7, 11) is 0. The first-order chi connectivity index (χ1) is 12.8. The third-order valence-electron chi connectivity index (χ3n) is 4.70. The number of carbonyl (C=O) groups is 2. The molecule has 1 heterocycles. The zero-order valence-electron chi connectivity index (χ0n) is 15.7. The summed E-state index contributed by atoms with van der Waals surface area (Å²) in [5, 5.41) is 12.5. The minimum atomic E-state index is -0.684. The van der Waals surface area contributed by atoms with Gasteiger partial charge in [0.15, 0.2) is 0 Å². The quantitative estimate of drug-likeness (QED) is 0.809. The number of nitriles is 1. The molecule has 1 N–H and O–H groups in total. The molecule has 1 aliphatic rings. The molecule has 146 valence electrons. The van der Waals surface area contributed by atoms with Gasteiger partial charge in [0.2, 0.25) is 5.91 Å². The second-order valence-electron chi connectivity index (χ2n) is 6.98. The number of rotatable bonds is 5. The van der Waals surface area contributed by atoms with Gasteiger partial charge in [0.05, 0.1) is 21.7 Å². The van der Waals surface area contributed by atoms with Crippen LogP contribution in [0.1, 0.15) is 31.1 Å². The number of piperazine rings is 1. The van der Waals surface area contributed by atoms with E-state index in [1.54, 1.807) is 30.0 Å². The molecule has 8 heteroatoms. The Kier molecular flexibility index (Phi) is 7.49. The topological polar surface area (TPSA) is 76.4 Å². The van der Waals surface area contributed by atoms with E-state index >= 15 is 0 Å². The number of amides is 2. The van der Waals surface area contributed by atoms with Gasteiger partial charge in [-0.25, -0.2) is 0 Å². The number of hydrogen-bond donors (Lipinski definition) is 1. The average molecular weight is 411 g/mol. The predicted molar refractivity (Wildman–Crippen MR) is 106 cm³/mol. The Morgan fingerprint density at radius 3 is 2.33 bits per heavy atom. The van der Waals surface area contributed by atoms with Crippen molar-refractivity contribution in [1.29, 1.82) is 5.26 Å². The van der Waals surface area contributed by atoms with Crippen LogP contribution in [-0.2, 0) is 4.79 Å². The lowest BCUT2D eigenvalue weighted by molar-refractivity contribution is -0.134. The van der Waals surface area contributed by atoms with Gasteiger partial charge in [-0.3, -0.25) is 14.5 Å². The standard InChI is InChI=1S/C19H24Cl2N4O2/c1-12(2)16(11-22)24-7-9-25(10-8-24)19(27)13(3)23-18(26)14-5-4-6-15(20)17(14)21/h4-6,12-13,16H,7-10H2,1-3H3,(H,23,26). The maximum atomic E-state index is 12.7. The number of nitrogens with zero attached hydrogens (tertiary/aromatic N) is 3. The lowest BCUT2D eigenvalue weighted by atomic mass is 10.0. The van der Waals surface area contributed by atoms with Crippen LogP contribution in [0.4, 0.5) is 0 Å². The second-order valence-corrected chi connectivity index (χ2v) is 7.76. The third-order valence-corrected chi connectivity index (χ3v) is 5.52. The molecule has 0 aliphatic carbocycles. The van der Waals surface area contributed by atoms with Crippen LogP contribution in [-0.4, -0.2) is 59.9 Å². The summed E-state index contributed by atoms with van der Waals surface area (Å²) in [5.74, 6) is -0.358. The summed E-state index contributed by atoms with van der Waals surface area (Å²) < 4.78 is 0. The van der Waals surface area contributed by atoms with E-state index in [1.807, 2.05) is 13.8 Å². The van der Waals surface area contributed by atoms with Crippen molar-refractivity contribution in [1.82, 2.24) is 15.1 Å². The Morgan fingerprint density at radius 2 is 1.78 bits per heavy atom. The van der Waals surface area contributed by atoms with E-state index in [0.717, 1.165) is 0 Å². The first-order valence-corrected chi connectivity index (χ1v) is 9.69. The van der Waals surface area contributed by atoms with E-state index in [4.69, 9.17) is 23.2 Å². The van der Waals surface area contributed by atoms with Crippen LogP contribution >= 0.6 is 23.2 Å². The van der Waals surface area contributed by atoms with Crippen molar-refractivity contribution in [3.63, 3.8) is 0 Å². The van der Waals surface area contributed by atoms with Crippen LogP contribution in [0.2, 0.25) is 10.0 Å². The normalized spacial score (nSPS) is 17.3. The van der Waals surface area contributed by atoms with Crippen molar-refractivity contribution in [3.8, 4) is 6.07 Å². The van der Waals surface area contributed by atoms with Crippen molar-refractivity contribution in [3.05, 3.63) is 33.8 Å². The molecule has 0 spiro atoms. The molecule has 6 nitrogen and oxygen atoms in total. The summed E-state index contributed by atoms with van der Waals surface area (Å²) >= 11 is 12.0. The molecule has 2 atom stereocenters. The molecule has 27 heavy (non-hydrogen) atoms. The molecule has 2 amide bonds. The Balaban J connectivity index is 1.94. The summed E-state index contributed by atoms with van der Waals surface area (Å²) in [6.07, 6.45) is 0. The van der Waals surface area contributed by atoms with E-state index in [9.17, 15) is 14.9 Å². The van der Waals surface area contributed by atoms with Gasteiger partial charge >= 0.3 is 0 Å². The molecule has 1 saturated heterocycles. The Hall–Kier alpha value is -1.81. The maximum absolute atomic E-state index is 12.7. The smallest absolute Gasteiger partial charge is 0.253 e. The number of halogens is 2. The largest absolute Gasteiger partial charge is 0.340 e. The van der Waals surface area contributed by atoms with Crippen molar-refractivity contribution < 1.29 is 9.59 Å². The van der Waals surface area contributed by atoms with E-state index in [2.05, 4.69) is 16.3 Å². The van der Waals surface area contributed by atoms with Gasteiger partial charge in [-0.1, -0.05) is 43.1 Å². The number of nitrogens with one attached hydrogen (secondary N) is 1. The summed E-state index contributed by atoms with van der Waals surface area (Å²) in [6, 6.07) is 6.30. The van der Waals surface area contributed by atoms with Gasteiger partial charge in [0.1, 0.15) is 12.1 Å². The minimum Gasteiger partial charge on any atom is -0.340 e. The molecule has 0 saturated carbocycles. The zero-order chi connectivity index (χ0) is 20.1. The van der Waals surface area contributed by atoms with Gasteiger partial charge in [-0.05, 0) is 25.0 Å². The maximum Gasteiger partial charge on any atom is 0.253 e. The molecular weight excluding hydrogens is 387 g/mol. The minimum absolute atomic E-state index is 0.149. The summed E-state index contributed by atoms with van der Waals surface area (Å²) in [6.45, 7) is 8.03. The first-order valence-electron chi connectivity index (χ1n) is 8.93. The van der Waals surface area contributed by atoms with Crippen LogP contribution in [0.15, 0.2) is 18.2 Å². The third kappa shape index (κ3) is 5.13. The summed E-state index contributed by atoms with van der Waals surface area (Å²) in [5.41, 5.74) is 0.238. The number of benzene rings is 1. The van der Waals surface area contributed by atoms with E-state index < -0.39 is 11.9 Å². The van der Waals surface area contributed by atoms with Crippen LogP contribution in [0.5, 0.6) is 0 Å². The Morgan fingerprint density at radius 1 is 1.15 bits per heavy atom. The zero-order valence-corrected chi connectivity index (χ0v) is 17.2. The van der Waals surface area contributed by atoms with Gasteiger partial charge in [0.25, 0.3) is 5.91 Å². The molecule has 1 aromatic rings. The second kappa shape index (κ2) is 9.41. The van der Waals surface area contributed by atoms with Crippen LogP contribution in [0, 0.1) is 17.2 Å². The Labute approximate surface area is 170 Å². The number of hydrogen-bond acceptors (Lipinski definition) is 4. The molecular formula is C19H24Cl2N4O2. The van der Waals surface area contributed by atoms with Crippen LogP contribution in [0.3, 0.4) is 0 Å². The highest BCUT2D eigenvalue weighted by Gasteiger charge is 2.30. The molecule has 1 fully saturated rings. The monoisotopic (exact) mass is 410 g/mol. The van der Waals surface area contributed by atoms with Crippen molar-refractivity contribution in [2.45, 2.75) is 32.9 Å². The van der Waals surface area contributed by atoms with Crippen molar-refractivity contribution >= 4 is 35.0 Å². The molecule has 2 rings (SSSR count). The van der Waals surface area contributed by atoms with Gasteiger partial charge in [-0.15, -0.1) is 0 Å². The lowest BCUT2D eigenvalue weighted by Crippen LogP contribution is -2.56. The Bertz CT molecular complexity index is 740. The van der Waals surface area contributed by atoms with Gasteiger partial charge in [-0.2, -0.15) is 5.26 Å². The van der Waals surface area contributed by atoms with Crippen molar-refractivity contribution in [2.75, 3.05) is 26.2 Å². The molecule has 0 aromatic heterocycles. The summed E-state index contributed by atoms with van der Waals surface area (Å²) in [4.78, 5) is 28.9. The van der Waals surface area contributed by atoms with Gasteiger partial charge < -0.3 is 10.2 Å². The lowest BCUT2D eigenvalue weighted by Gasteiger charge is -2.39. The molecule has 0 bridgehead atoms. The highest BCUT2D eigenvalue weighted by molar-refractivity contribution is 6.43. The molecule has 0 radical (unpaired) electrons. The highest BCUT2D eigenvalue weighted by Crippen LogP contribution is 2.25. The molecule has 2 unspecified atom stereocenters. The van der Waals surface area contributed by atoms with E-state index in [1.165, 1.54) is 0 Å². The highest BCUT2D eigenvalue weighted by atomic mass is 35.5. The SMILES string of the molecule is CC(NC(=O)c1cccc(Cl)c1Cl)C(=O)N1CCN(C(C#N)C(C)C)CC1. The van der Waals surface area contributed by atoms with E-state index in [-0.39, 0.29) is 33.5 Å². The fourth-order valence-electron chi connectivity index (χ4n) is 3.16. The van der Waals surface area contributed by atoms with Gasteiger partial charge in [0, 0.05) is 26.2 Å². The van der Waals surface area contributed by atoms with Crippen LogP contribution in [0.25, 0.3) is 0 Å². The molecule has 1 aliphatic heterocycles. The first kappa shape index (κ1) is 21.5.